The molecule has 27 heavy (non-hydrogen) atoms. The minimum absolute atomic E-state index is 0.126. The van der Waals surface area contributed by atoms with Crippen molar-refractivity contribution in [3.63, 3.8) is 0 Å². The third kappa shape index (κ3) is 5.39. The van der Waals surface area contributed by atoms with Gasteiger partial charge in [0.1, 0.15) is 5.75 Å². The van der Waals surface area contributed by atoms with E-state index in [9.17, 15) is 9.59 Å². The van der Waals surface area contributed by atoms with Crippen molar-refractivity contribution in [2.75, 3.05) is 17.2 Å². The number of ether oxygens (including phenoxy) is 1. The van der Waals surface area contributed by atoms with Gasteiger partial charge in [0.15, 0.2) is 5.13 Å². The Morgan fingerprint density at radius 2 is 1.78 bits per heavy atom. The maximum Gasteiger partial charge on any atom is 0.257 e. The molecule has 7 heteroatoms. The Balaban J connectivity index is 1.54. The van der Waals surface area contributed by atoms with Crippen molar-refractivity contribution in [2.45, 2.75) is 13.3 Å². The van der Waals surface area contributed by atoms with E-state index >= 15 is 0 Å². The molecule has 0 saturated heterocycles. The Kier molecular flexibility index (Phi) is 6.17. The summed E-state index contributed by atoms with van der Waals surface area (Å²) in [7, 11) is 0. The van der Waals surface area contributed by atoms with Crippen LogP contribution >= 0.6 is 11.3 Å². The third-order valence-corrected chi connectivity index (χ3v) is 4.37. The van der Waals surface area contributed by atoms with E-state index in [0.717, 1.165) is 11.3 Å². The molecule has 0 unspecified atom stereocenters. The van der Waals surface area contributed by atoms with Gasteiger partial charge in [0.2, 0.25) is 5.91 Å². The van der Waals surface area contributed by atoms with E-state index in [-0.39, 0.29) is 18.2 Å². The molecule has 2 aromatic carbocycles. The van der Waals surface area contributed by atoms with Gasteiger partial charge in [0.25, 0.3) is 5.91 Å². The first-order valence-corrected chi connectivity index (χ1v) is 9.34. The normalized spacial score (nSPS) is 10.3. The van der Waals surface area contributed by atoms with Gasteiger partial charge in [-0.2, -0.15) is 0 Å². The van der Waals surface area contributed by atoms with Crippen molar-refractivity contribution < 1.29 is 14.3 Å². The number of hydrogen-bond donors (Lipinski definition) is 2. The van der Waals surface area contributed by atoms with Gasteiger partial charge in [-0.1, -0.05) is 12.1 Å². The fourth-order valence-corrected chi connectivity index (χ4v) is 2.94. The summed E-state index contributed by atoms with van der Waals surface area (Å²) in [6, 6.07) is 14.2. The lowest BCUT2D eigenvalue weighted by Crippen LogP contribution is -2.15. The van der Waals surface area contributed by atoms with Crippen LogP contribution < -0.4 is 15.4 Å². The molecule has 3 rings (SSSR count). The van der Waals surface area contributed by atoms with Gasteiger partial charge in [0.05, 0.1) is 13.0 Å². The van der Waals surface area contributed by atoms with E-state index in [2.05, 4.69) is 15.6 Å². The average molecular weight is 381 g/mol. The largest absolute Gasteiger partial charge is 0.494 e. The van der Waals surface area contributed by atoms with Crippen LogP contribution in [0.25, 0.3) is 0 Å². The molecule has 3 aromatic rings. The Bertz CT molecular complexity index is 891. The van der Waals surface area contributed by atoms with Gasteiger partial charge in [-0.15, -0.1) is 11.3 Å². The zero-order valence-corrected chi connectivity index (χ0v) is 15.6. The molecule has 6 nitrogen and oxygen atoms in total. The molecule has 0 atom stereocenters. The highest BCUT2D eigenvalue weighted by Crippen LogP contribution is 2.16. The number of benzene rings is 2. The molecular weight excluding hydrogens is 362 g/mol. The Labute approximate surface area is 161 Å². The van der Waals surface area contributed by atoms with Crippen LogP contribution in [0.15, 0.2) is 60.1 Å². The lowest BCUT2D eigenvalue weighted by atomic mass is 10.1. The highest BCUT2D eigenvalue weighted by Gasteiger charge is 2.09. The Morgan fingerprint density at radius 1 is 1.04 bits per heavy atom. The molecule has 0 aliphatic carbocycles. The Morgan fingerprint density at radius 3 is 2.41 bits per heavy atom. The average Bonchev–Trinajstić information content (AvgIpc) is 3.17. The number of hydrogen-bond acceptors (Lipinski definition) is 5. The van der Waals surface area contributed by atoms with Crippen LogP contribution in [0.1, 0.15) is 22.8 Å². The summed E-state index contributed by atoms with van der Waals surface area (Å²) in [4.78, 5) is 28.3. The number of amides is 2. The smallest absolute Gasteiger partial charge is 0.257 e. The van der Waals surface area contributed by atoms with Crippen LogP contribution in [0.5, 0.6) is 5.75 Å². The molecule has 2 amide bonds. The van der Waals surface area contributed by atoms with E-state index in [1.165, 1.54) is 11.3 Å². The van der Waals surface area contributed by atoms with Gasteiger partial charge >= 0.3 is 0 Å². The second-order valence-electron chi connectivity index (χ2n) is 5.67. The standard InChI is InChI=1S/C20H19N3O3S/c1-2-26-17-9-3-14(4-10-17)13-18(24)22-16-7-5-15(6-8-16)19(25)23-20-21-11-12-27-20/h3-12H,2,13H2,1H3,(H,22,24)(H,21,23,25). The molecule has 1 aromatic heterocycles. The number of nitrogens with one attached hydrogen (secondary N) is 2. The van der Waals surface area contributed by atoms with Crippen LogP contribution in [-0.2, 0) is 11.2 Å². The molecule has 0 aliphatic rings. The van der Waals surface area contributed by atoms with Gasteiger partial charge in [-0.25, -0.2) is 4.98 Å². The second-order valence-corrected chi connectivity index (χ2v) is 6.57. The number of nitrogens with zero attached hydrogens (tertiary/aromatic N) is 1. The summed E-state index contributed by atoms with van der Waals surface area (Å²) < 4.78 is 5.39. The molecule has 1 heterocycles. The molecule has 0 saturated carbocycles. The monoisotopic (exact) mass is 381 g/mol. The SMILES string of the molecule is CCOc1ccc(CC(=O)Nc2ccc(C(=O)Nc3nccs3)cc2)cc1. The summed E-state index contributed by atoms with van der Waals surface area (Å²) in [5.74, 6) is 0.421. The highest BCUT2D eigenvalue weighted by atomic mass is 32.1. The highest BCUT2D eigenvalue weighted by molar-refractivity contribution is 7.13. The lowest BCUT2D eigenvalue weighted by Gasteiger charge is -2.08. The zero-order valence-electron chi connectivity index (χ0n) is 14.8. The van der Waals surface area contributed by atoms with Crippen molar-refractivity contribution in [1.82, 2.24) is 4.98 Å². The first-order chi connectivity index (χ1) is 13.1. The van der Waals surface area contributed by atoms with Crippen molar-refractivity contribution in [3.8, 4) is 5.75 Å². The van der Waals surface area contributed by atoms with Crippen molar-refractivity contribution >= 4 is 34.0 Å². The van der Waals surface area contributed by atoms with Gasteiger partial charge in [-0.3, -0.25) is 14.9 Å². The van der Waals surface area contributed by atoms with Crippen LogP contribution in [0, 0.1) is 0 Å². The van der Waals surface area contributed by atoms with Crippen LogP contribution in [0.4, 0.5) is 10.8 Å². The molecule has 0 aliphatic heterocycles. The minimum Gasteiger partial charge on any atom is -0.494 e. The molecule has 0 fully saturated rings. The van der Waals surface area contributed by atoms with Gasteiger partial charge in [0, 0.05) is 22.8 Å². The molecule has 138 valence electrons. The quantitative estimate of drug-likeness (QED) is 0.649. The number of aromatic nitrogens is 1. The maximum absolute atomic E-state index is 12.2. The van der Waals surface area contributed by atoms with E-state index in [4.69, 9.17) is 4.74 Å². The van der Waals surface area contributed by atoms with E-state index in [0.29, 0.717) is 23.0 Å². The number of carbonyl (C=O) groups excluding carboxylic acids is 2. The van der Waals surface area contributed by atoms with Crippen LogP contribution in [0.3, 0.4) is 0 Å². The van der Waals surface area contributed by atoms with Crippen LogP contribution in [-0.4, -0.2) is 23.4 Å². The number of thiazole rings is 1. The minimum atomic E-state index is -0.239. The molecular formula is C20H19N3O3S. The number of rotatable bonds is 7. The maximum atomic E-state index is 12.2. The summed E-state index contributed by atoms with van der Waals surface area (Å²) >= 11 is 1.35. The van der Waals surface area contributed by atoms with Crippen molar-refractivity contribution in [3.05, 3.63) is 71.2 Å². The predicted molar refractivity (Wildman–Crippen MR) is 106 cm³/mol. The van der Waals surface area contributed by atoms with E-state index in [1.54, 1.807) is 35.8 Å². The summed E-state index contributed by atoms with van der Waals surface area (Å²) in [6.45, 7) is 2.53. The lowest BCUT2D eigenvalue weighted by molar-refractivity contribution is -0.115. The molecule has 2 N–H and O–H groups in total. The second kappa shape index (κ2) is 8.95. The predicted octanol–water partition coefficient (Wildman–Crippen LogP) is 3.98. The first-order valence-electron chi connectivity index (χ1n) is 8.46. The van der Waals surface area contributed by atoms with Crippen molar-refractivity contribution in [2.24, 2.45) is 0 Å². The number of carbonyl (C=O) groups is 2. The van der Waals surface area contributed by atoms with Gasteiger partial charge < -0.3 is 10.1 Å². The number of anilines is 2. The first kappa shape index (κ1) is 18.6. The molecule has 0 spiro atoms. The fraction of sp³-hybridized carbons (Fsp3) is 0.150. The third-order valence-electron chi connectivity index (χ3n) is 3.68. The van der Waals surface area contributed by atoms with Crippen molar-refractivity contribution in [1.29, 1.82) is 0 Å². The zero-order chi connectivity index (χ0) is 19.1. The summed E-state index contributed by atoms with van der Waals surface area (Å²) in [5.41, 5.74) is 2.03. The summed E-state index contributed by atoms with van der Waals surface area (Å²) in [5, 5.41) is 7.88. The van der Waals surface area contributed by atoms with Gasteiger partial charge in [-0.05, 0) is 48.9 Å². The fourth-order valence-electron chi connectivity index (χ4n) is 2.42. The van der Waals surface area contributed by atoms with E-state index < -0.39 is 0 Å². The molecule has 0 bridgehead atoms. The summed E-state index contributed by atoms with van der Waals surface area (Å²) in [6.07, 6.45) is 1.89. The van der Waals surface area contributed by atoms with E-state index in [1.807, 2.05) is 31.2 Å². The van der Waals surface area contributed by atoms with Crippen LogP contribution in [0.2, 0.25) is 0 Å². The topological polar surface area (TPSA) is 80.3 Å². The molecule has 0 radical (unpaired) electrons. The Hall–Kier alpha value is -3.19.